The lowest BCUT2D eigenvalue weighted by Crippen LogP contribution is -2.38. The second kappa shape index (κ2) is 13.3. The second-order valence-electron chi connectivity index (χ2n) is 9.89. The Bertz CT molecular complexity index is 827. The zero-order valence-electron chi connectivity index (χ0n) is 21.9. The van der Waals surface area contributed by atoms with Crippen LogP contribution in [0.25, 0.3) is 0 Å². The van der Waals surface area contributed by atoms with Crippen LogP contribution in [0, 0.1) is 0 Å². The van der Waals surface area contributed by atoms with Crippen molar-refractivity contribution >= 4 is 16.6 Å². The van der Waals surface area contributed by atoms with Crippen LogP contribution in [-0.2, 0) is 28.6 Å². The third kappa shape index (κ3) is 9.07. The number of hydrogen-bond donors (Lipinski definition) is 1. The average molecular weight is 507 g/mol. The summed E-state index contributed by atoms with van der Waals surface area (Å²) in [5.41, 5.74) is 3.28. The minimum Gasteiger partial charge on any atom is -0.496 e. The lowest BCUT2D eigenvalue weighted by Gasteiger charge is -2.28. The normalized spacial score (nSPS) is 12.0. The molecule has 2 aromatic rings. The van der Waals surface area contributed by atoms with Crippen molar-refractivity contribution in [3.63, 3.8) is 0 Å². The maximum absolute atomic E-state index is 9.53. The van der Waals surface area contributed by atoms with Gasteiger partial charge in [0.05, 0.1) is 27.9 Å². The van der Waals surface area contributed by atoms with E-state index in [1.54, 1.807) is 21.3 Å². The number of aliphatic hydroxyl groups is 1. The highest BCUT2D eigenvalue weighted by Crippen LogP contribution is 2.29. The molecule has 0 fully saturated rings. The molecule has 0 spiro atoms. The number of benzene rings is 2. The Morgan fingerprint density at radius 3 is 1.59 bits per heavy atom. The summed E-state index contributed by atoms with van der Waals surface area (Å²) in [4.78, 5) is 0. The van der Waals surface area contributed by atoms with E-state index >= 15 is 0 Å². The van der Waals surface area contributed by atoms with E-state index < -0.39 is 16.6 Å². The van der Waals surface area contributed by atoms with Crippen molar-refractivity contribution < 1.29 is 28.5 Å². The van der Waals surface area contributed by atoms with E-state index in [0.29, 0.717) is 0 Å². The molecular weight excluding hydrogens is 464 g/mol. The van der Waals surface area contributed by atoms with Gasteiger partial charge < -0.3 is 19.3 Å². The van der Waals surface area contributed by atoms with E-state index in [2.05, 4.69) is 38.3 Å². The lowest BCUT2D eigenvalue weighted by molar-refractivity contribution is -0.125. The van der Waals surface area contributed by atoms with Crippen molar-refractivity contribution in [3.05, 3.63) is 53.1 Å². The summed E-state index contributed by atoms with van der Waals surface area (Å²) >= 11 is 0. The van der Waals surface area contributed by atoms with E-state index in [0.717, 1.165) is 60.6 Å². The van der Waals surface area contributed by atoms with Crippen LogP contribution in [0.4, 0.5) is 0 Å². The van der Waals surface area contributed by atoms with Gasteiger partial charge in [-0.25, -0.2) is 0 Å². The molecule has 0 aliphatic carbocycles. The Balaban J connectivity index is 1.77. The van der Waals surface area contributed by atoms with Gasteiger partial charge in [0.25, 0.3) is 0 Å². The van der Waals surface area contributed by atoms with Crippen molar-refractivity contribution in [2.24, 2.45) is 0 Å². The van der Waals surface area contributed by atoms with E-state index in [1.807, 2.05) is 24.3 Å². The SMILES string of the molecule is COc1ccc(CCC[Si](C)(C)OO[Si](C)(C)CCCc2ccc(OC)c(OC)c2)cc1CO. The summed E-state index contributed by atoms with van der Waals surface area (Å²) < 4.78 is 28.2. The van der Waals surface area contributed by atoms with Gasteiger partial charge in [0.15, 0.2) is 11.5 Å². The molecule has 2 aromatic carbocycles. The van der Waals surface area contributed by atoms with Crippen molar-refractivity contribution in [1.82, 2.24) is 0 Å². The molecule has 0 aliphatic heterocycles. The summed E-state index contributed by atoms with van der Waals surface area (Å²) in [6.45, 7) is 8.86. The summed E-state index contributed by atoms with van der Waals surface area (Å²) in [7, 11) is 1.10. The Kier molecular flexibility index (Phi) is 11.1. The summed E-state index contributed by atoms with van der Waals surface area (Å²) in [6.07, 6.45) is 3.99. The van der Waals surface area contributed by atoms with Crippen LogP contribution in [0.1, 0.15) is 29.5 Å². The minimum atomic E-state index is -1.92. The number of methoxy groups -OCH3 is 3. The third-order valence-electron chi connectivity index (χ3n) is 5.94. The van der Waals surface area contributed by atoms with Crippen LogP contribution in [-0.4, -0.2) is 43.1 Å². The van der Waals surface area contributed by atoms with Gasteiger partial charge in [-0.15, -0.1) is 0 Å². The number of ether oxygens (including phenoxy) is 3. The fraction of sp³-hybridized carbons (Fsp3) is 0.538. The number of aliphatic hydroxyl groups excluding tert-OH is 1. The van der Waals surface area contributed by atoms with E-state index in [9.17, 15) is 5.11 Å². The topological polar surface area (TPSA) is 66.4 Å². The molecule has 1 N–H and O–H groups in total. The van der Waals surface area contributed by atoms with Gasteiger partial charge in [-0.3, -0.25) is 9.15 Å². The number of hydrogen-bond acceptors (Lipinski definition) is 6. The summed E-state index contributed by atoms with van der Waals surface area (Å²) in [5.74, 6) is 2.26. The molecule has 0 radical (unpaired) electrons. The highest BCUT2D eigenvalue weighted by molar-refractivity contribution is 6.73. The molecule has 0 aliphatic rings. The summed E-state index contributed by atoms with van der Waals surface area (Å²) in [5, 5.41) is 9.53. The van der Waals surface area contributed by atoms with Crippen LogP contribution >= 0.6 is 0 Å². The van der Waals surface area contributed by atoms with E-state index in [4.69, 9.17) is 23.4 Å². The Morgan fingerprint density at radius 2 is 1.12 bits per heavy atom. The first-order valence-corrected chi connectivity index (χ1v) is 18.2. The van der Waals surface area contributed by atoms with E-state index in [1.165, 1.54) is 11.1 Å². The first-order chi connectivity index (χ1) is 16.1. The van der Waals surface area contributed by atoms with Crippen molar-refractivity contribution in [3.8, 4) is 17.2 Å². The predicted octanol–water partition coefficient (Wildman–Crippen LogP) is 6.13. The van der Waals surface area contributed by atoms with Gasteiger partial charge in [0, 0.05) is 5.56 Å². The molecule has 0 saturated heterocycles. The molecule has 190 valence electrons. The van der Waals surface area contributed by atoms with Gasteiger partial charge in [0.1, 0.15) is 5.75 Å². The zero-order valence-corrected chi connectivity index (χ0v) is 23.9. The maximum atomic E-state index is 9.53. The molecule has 8 heteroatoms. The number of aryl methyl sites for hydroxylation is 2. The molecule has 2 rings (SSSR count). The molecule has 0 atom stereocenters. The first-order valence-electron chi connectivity index (χ1n) is 12.0. The Labute approximate surface area is 207 Å². The largest absolute Gasteiger partial charge is 0.496 e. The molecule has 0 amide bonds. The second-order valence-corrected chi connectivity index (χ2v) is 18.3. The van der Waals surface area contributed by atoms with Crippen molar-refractivity contribution in [2.45, 2.75) is 70.6 Å². The minimum absolute atomic E-state index is 0.0140. The maximum Gasteiger partial charge on any atom is 0.231 e. The van der Waals surface area contributed by atoms with Gasteiger partial charge in [-0.2, -0.15) is 0 Å². The van der Waals surface area contributed by atoms with Gasteiger partial charge in [0.2, 0.25) is 16.6 Å². The van der Waals surface area contributed by atoms with Crippen LogP contribution in [0.5, 0.6) is 17.2 Å². The molecular formula is C26H42O6Si2. The molecule has 6 nitrogen and oxygen atoms in total. The van der Waals surface area contributed by atoms with E-state index in [-0.39, 0.29) is 6.61 Å². The van der Waals surface area contributed by atoms with Crippen molar-refractivity contribution in [2.75, 3.05) is 21.3 Å². The van der Waals surface area contributed by atoms with Crippen LogP contribution in [0.15, 0.2) is 36.4 Å². The highest BCUT2D eigenvalue weighted by Gasteiger charge is 2.30. The van der Waals surface area contributed by atoms with Gasteiger partial charge in [-0.1, -0.05) is 12.1 Å². The van der Waals surface area contributed by atoms with Gasteiger partial charge >= 0.3 is 0 Å². The average Bonchev–Trinajstić information content (AvgIpc) is 2.82. The smallest absolute Gasteiger partial charge is 0.231 e. The summed E-state index contributed by atoms with van der Waals surface area (Å²) in [6, 6.07) is 14.2. The predicted molar refractivity (Wildman–Crippen MR) is 142 cm³/mol. The lowest BCUT2D eigenvalue weighted by atomic mass is 10.1. The molecule has 0 aromatic heterocycles. The van der Waals surface area contributed by atoms with Crippen LogP contribution < -0.4 is 14.2 Å². The highest BCUT2D eigenvalue weighted by atomic mass is 28.4. The molecule has 0 saturated carbocycles. The Hall–Kier alpha value is -1.85. The fourth-order valence-electron chi connectivity index (χ4n) is 3.89. The molecule has 0 heterocycles. The molecule has 0 bridgehead atoms. The van der Waals surface area contributed by atoms with Crippen LogP contribution in [0.2, 0.25) is 38.3 Å². The number of rotatable bonds is 15. The van der Waals surface area contributed by atoms with Gasteiger partial charge in [-0.05, 0) is 99.4 Å². The monoisotopic (exact) mass is 506 g/mol. The zero-order chi connectivity index (χ0) is 25.2. The van der Waals surface area contributed by atoms with Crippen LogP contribution in [0.3, 0.4) is 0 Å². The standard InChI is InChI=1S/C26H42O6Si2/c1-28-24-14-12-21(18-23(24)20-27)10-8-16-33(4,5)31-32-34(6,7)17-9-11-22-13-15-25(29-2)26(19-22)30-3/h12-15,18-19,27H,8-11,16-17,20H2,1-7H3. The van der Waals surface area contributed by atoms with Crippen molar-refractivity contribution in [1.29, 1.82) is 0 Å². The Morgan fingerprint density at radius 1 is 0.647 bits per heavy atom. The molecule has 34 heavy (non-hydrogen) atoms. The first kappa shape index (κ1) is 28.4. The molecule has 0 unspecified atom stereocenters. The fourth-order valence-corrected chi connectivity index (χ4v) is 7.92. The quantitative estimate of drug-likeness (QED) is 0.178. The third-order valence-corrected chi connectivity index (χ3v) is 10.3.